The topological polar surface area (TPSA) is 138 Å². The zero-order chi connectivity index (χ0) is 23.6. The van der Waals surface area contributed by atoms with Crippen LogP contribution in [0, 0.1) is 0 Å². The molecule has 170 valence electrons. The average Bonchev–Trinajstić information content (AvgIpc) is 3.15. The smallest absolute Gasteiger partial charge is 0.263 e. The van der Waals surface area contributed by atoms with Gasteiger partial charge in [0.2, 0.25) is 5.91 Å². The summed E-state index contributed by atoms with van der Waals surface area (Å²) in [7, 11) is -7.95. The fourth-order valence-corrected chi connectivity index (χ4v) is 6.02. The Morgan fingerprint density at radius 1 is 0.879 bits per heavy atom. The third kappa shape index (κ3) is 5.04. The Kier molecular flexibility index (Phi) is 5.91. The van der Waals surface area contributed by atoms with E-state index < -0.39 is 19.9 Å². The van der Waals surface area contributed by atoms with Gasteiger partial charge in [-0.25, -0.2) is 16.8 Å². The maximum atomic E-state index is 12.9. The Morgan fingerprint density at radius 3 is 2.24 bits per heavy atom. The van der Waals surface area contributed by atoms with E-state index in [1.165, 1.54) is 30.3 Å². The molecule has 1 amide bonds. The van der Waals surface area contributed by atoms with E-state index in [0.29, 0.717) is 22.3 Å². The minimum Gasteiger partial charge on any atom is -0.326 e. The number of aromatic amines is 1. The molecule has 0 spiro atoms. The Morgan fingerprint density at radius 2 is 1.55 bits per heavy atom. The molecule has 0 fully saturated rings. The maximum Gasteiger partial charge on any atom is 0.263 e. The highest BCUT2D eigenvalue weighted by molar-refractivity contribution is 7.95. The highest BCUT2D eigenvalue weighted by atomic mass is 32.2. The molecule has 0 radical (unpaired) electrons. The van der Waals surface area contributed by atoms with Crippen molar-refractivity contribution in [2.24, 2.45) is 0 Å². The van der Waals surface area contributed by atoms with Crippen LogP contribution in [0.25, 0.3) is 10.9 Å². The van der Waals surface area contributed by atoms with Crippen molar-refractivity contribution in [3.63, 3.8) is 0 Å². The van der Waals surface area contributed by atoms with Crippen molar-refractivity contribution in [3.8, 4) is 0 Å². The van der Waals surface area contributed by atoms with Crippen molar-refractivity contribution in [1.29, 1.82) is 0 Å². The molecule has 0 unspecified atom stereocenters. The lowest BCUT2D eigenvalue weighted by atomic mass is 10.1. The van der Waals surface area contributed by atoms with Crippen LogP contribution in [0.1, 0.15) is 5.69 Å². The number of hydrogen-bond acceptors (Lipinski definition) is 6. The zero-order valence-corrected chi connectivity index (χ0v) is 19.1. The molecule has 0 bridgehead atoms. The molecule has 9 nitrogen and oxygen atoms in total. The monoisotopic (exact) mass is 484 g/mol. The lowest BCUT2D eigenvalue weighted by Crippen LogP contribution is -2.16. The van der Waals surface area contributed by atoms with Gasteiger partial charge in [-0.1, -0.05) is 30.3 Å². The van der Waals surface area contributed by atoms with Gasteiger partial charge in [-0.2, -0.15) is 5.10 Å². The van der Waals surface area contributed by atoms with Gasteiger partial charge in [-0.3, -0.25) is 14.6 Å². The number of nitrogens with one attached hydrogen (secondary N) is 3. The van der Waals surface area contributed by atoms with Gasteiger partial charge in [-0.05, 0) is 42.5 Å². The summed E-state index contributed by atoms with van der Waals surface area (Å²) in [5, 5.41) is 10.3. The van der Waals surface area contributed by atoms with Gasteiger partial charge in [0.05, 0.1) is 22.5 Å². The summed E-state index contributed by atoms with van der Waals surface area (Å²) in [4.78, 5) is 11.8. The number of aromatic nitrogens is 2. The third-order valence-electron chi connectivity index (χ3n) is 4.82. The summed E-state index contributed by atoms with van der Waals surface area (Å²) in [6.07, 6.45) is 0.949. The first kappa shape index (κ1) is 22.5. The van der Waals surface area contributed by atoms with Gasteiger partial charge < -0.3 is 5.32 Å². The molecule has 0 aliphatic rings. The second kappa shape index (κ2) is 8.68. The van der Waals surface area contributed by atoms with Gasteiger partial charge in [0.15, 0.2) is 9.84 Å². The predicted molar refractivity (Wildman–Crippen MR) is 125 cm³/mol. The Labute approximate surface area is 190 Å². The van der Waals surface area contributed by atoms with E-state index >= 15 is 0 Å². The fourth-order valence-electron chi connectivity index (χ4n) is 3.34. The van der Waals surface area contributed by atoms with E-state index in [1.807, 2.05) is 18.2 Å². The van der Waals surface area contributed by atoms with Crippen molar-refractivity contribution >= 4 is 48.0 Å². The lowest BCUT2D eigenvalue weighted by Gasteiger charge is -2.11. The highest BCUT2D eigenvalue weighted by Gasteiger charge is 2.24. The number of nitrogens with zero attached hydrogens (tertiary/aromatic N) is 1. The van der Waals surface area contributed by atoms with E-state index in [4.69, 9.17) is 0 Å². The number of fused-ring (bicyclic) bond motifs is 1. The van der Waals surface area contributed by atoms with Crippen LogP contribution in [0.5, 0.6) is 0 Å². The molecule has 3 N–H and O–H groups in total. The number of rotatable bonds is 7. The minimum atomic E-state index is -4.19. The third-order valence-corrected chi connectivity index (χ3v) is 7.54. The molecule has 0 saturated carbocycles. The second-order valence-corrected chi connectivity index (χ2v) is 11.0. The number of hydrogen-bond donors (Lipinski definition) is 3. The quantitative estimate of drug-likeness (QED) is 0.369. The van der Waals surface area contributed by atoms with Crippen molar-refractivity contribution < 1.29 is 21.6 Å². The number of H-pyrrole nitrogens is 1. The van der Waals surface area contributed by atoms with E-state index in [2.05, 4.69) is 20.2 Å². The molecule has 0 aliphatic heterocycles. The molecule has 11 heteroatoms. The summed E-state index contributed by atoms with van der Waals surface area (Å²) in [6.45, 7) is 0. The Bertz CT molecular complexity index is 1550. The van der Waals surface area contributed by atoms with Crippen LogP contribution >= 0.6 is 0 Å². The molecule has 0 atom stereocenters. The molecule has 33 heavy (non-hydrogen) atoms. The standard InChI is InChI=1S/C22H20N4O5S2/c1-32(28,29)20-9-5-6-10-21(20)33(30,31)26-16-11-12-18-17(13-16)19(25-24-18)14-22(27)23-15-7-3-2-4-8-15/h2-13,26H,14H2,1H3,(H,23,27)(H,24,25). The number of sulfone groups is 1. The first-order valence-electron chi connectivity index (χ1n) is 9.77. The van der Waals surface area contributed by atoms with Gasteiger partial charge in [0, 0.05) is 23.0 Å². The van der Waals surface area contributed by atoms with Gasteiger partial charge in [0.1, 0.15) is 4.90 Å². The second-order valence-electron chi connectivity index (χ2n) is 7.35. The SMILES string of the molecule is CS(=O)(=O)c1ccccc1S(=O)(=O)Nc1ccc2n[nH]c(CC(=O)Nc3ccccc3)c2c1. The van der Waals surface area contributed by atoms with Crippen LogP contribution in [-0.4, -0.2) is 39.2 Å². The summed E-state index contributed by atoms with van der Waals surface area (Å²) in [5.74, 6) is -0.264. The Balaban J connectivity index is 1.61. The zero-order valence-electron chi connectivity index (χ0n) is 17.4. The predicted octanol–water partition coefficient (Wildman–Crippen LogP) is 2.95. The summed E-state index contributed by atoms with van der Waals surface area (Å²) < 4.78 is 52.4. The van der Waals surface area contributed by atoms with Crippen LogP contribution in [0.2, 0.25) is 0 Å². The average molecular weight is 485 g/mol. The number of anilines is 2. The van der Waals surface area contributed by atoms with Crippen molar-refractivity contribution in [1.82, 2.24) is 10.2 Å². The normalized spacial score (nSPS) is 11.9. The van der Waals surface area contributed by atoms with Gasteiger partial charge >= 0.3 is 0 Å². The molecular formula is C22H20N4O5S2. The molecule has 1 aromatic heterocycles. The Hall–Kier alpha value is -3.70. The lowest BCUT2D eigenvalue weighted by molar-refractivity contribution is -0.115. The largest absolute Gasteiger partial charge is 0.326 e. The molecule has 1 heterocycles. The van der Waals surface area contributed by atoms with Crippen molar-refractivity contribution in [2.45, 2.75) is 16.2 Å². The number of carbonyl (C=O) groups is 1. The van der Waals surface area contributed by atoms with Crippen LogP contribution in [0.4, 0.5) is 11.4 Å². The number of amides is 1. The van der Waals surface area contributed by atoms with Crippen LogP contribution in [-0.2, 0) is 31.1 Å². The van der Waals surface area contributed by atoms with E-state index in [9.17, 15) is 21.6 Å². The van der Waals surface area contributed by atoms with Gasteiger partial charge in [0.25, 0.3) is 10.0 Å². The van der Waals surface area contributed by atoms with Crippen LogP contribution in [0.15, 0.2) is 82.6 Å². The molecule has 0 aliphatic carbocycles. The van der Waals surface area contributed by atoms with Crippen molar-refractivity contribution in [2.75, 3.05) is 16.3 Å². The number of carbonyl (C=O) groups excluding carboxylic acids is 1. The highest BCUT2D eigenvalue weighted by Crippen LogP contribution is 2.26. The summed E-state index contributed by atoms with van der Waals surface area (Å²) in [6, 6.07) is 19.0. The summed E-state index contributed by atoms with van der Waals surface area (Å²) in [5.41, 5.74) is 1.93. The molecule has 4 aromatic rings. The van der Waals surface area contributed by atoms with E-state index in [0.717, 1.165) is 6.26 Å². The molecular weight excluding hydrogens is 464 g/mol. The minimum absolute atomic E-state index is 0.00148. The van der Waals surface area contributed by atoms with Gasteiger partial charge in [-0.15, -0.1) is 0 Å². The van der Waals surface area contributed by atoms with E-state index in [1.54, 1.807) is 24.3 Å². The first-order valence-corrected chi connectivity index (χ1v) is 13.1. The number of sulfonamides is 1. The summed E-state index contributed by atoms with van der Waals surface area (Å²) >= 11 is 0. The molecule has 4 rings (SSSR count). The molecule has 0 saturated heterocycles. The van der Waals surface area contributed by atoms with Crippen LogP contribution < -0.4 is 10.0 Å². The fraction of sp³-hybridized carbons (Fsp3) is 0.0909. The molecule has 3 aromatic carbocycles. The maximum absolute atomic E-state index is 12.9. The van der Waals surface area contributed by atoms with Crippen LogP contribution in [0.3, 0.4) is 0 Å². The first-order chi connectivity index (χ1) is 15.6. The number of para-hydroxylation sites is 1. The van der Waals surface area contributed by atoms with E-state index in [-0.39, 0.29) is 27.8 Å². The van der Waals surface area contributed by atoms with Crippen molar-refractivity contribution in [3.05, 3.63) is 78.5 Å². The number of benzene rings is 3.